The molecule has 0 saturated heterocycles. The molecule has 3 rings (SSSR count). The van der Waals surface area contributed by atoms with E-state index >= 15 is 0 Å². The van der Waals surface area contributed by atoms with Crippen molar-refractivity contribution in [2.24, 2.45) is 0 Å². The molecule has 1 aromatic heterocycles. The molecule has 2 aromatic rings. The highest BCUT2D eigenvalue weighted by Crippen LogP contribution is 2.35. The largest absolute Gasteiger partial charge is 0.493 e. The first-order valence-corrected chi connectivity index (χ1v) is 8.11. The molecule has 1 aliphatic rings. The van der Waals surface area contributed by atoms with Crippen LogP contribution in [0.2, 0.25) is 5.15 Å². The summed E-state index contributed by atoms with van der Waals surface area (Å²) in [6.07, 6.45) is 3.82. The number of pyridine rings is 1. The normalized spacial score (nSPS) is 17.6. The number of hydrogen-bond donors (Lipinski definition) is 1. The molecule has 1 N–H and O–H groups in total. The Labute approximate surface area is 137 Å². The van der Waals surface area contributed by atoms with Gasteiger partial charge in [-0.05, 0) is 43.5 Å². The van der Waals surface area contributed by atoms with Gasteiger partial charge in [-0.1, -0.05) is 33.6 Å². The minimum atomic E-state index is 0.220. The van der Waals surface area contributed by atoms with Crippen LogP contribution in [0.15, 0.2) is 34.9 Å². The van der Waals surface area contributed by atoms with Gasteiger partial charge in [0, 0.05) is 10.0 Å². The molecule has 0 bridgehead atoms. The van der Waals surface area contributed by atoms with Crippen LogP contribution in [0, 0.1) is 6.92 Å². The van der Waals surface area contributed by atoms with Gasteiger partial charge in [0.2, 0.25) is 0 Å². The molecule has 110 valence electrons. The molecule has 0 aliphatic carbocycles. The summed E-state index contributed by atoms with van der Waals surface area (Å²) >= 11 is 9.48. The van der Waals surface area contributed by atoms with Crippen molar-refractivity contribution in [2.75, 3.05) is 11.9 Å². The van der Waals surface area contributed by atoms with Gasteiger partial charge >= 0.3 is 0 Å². The first-order chi connectivity index (χ1) is 10.1. The lowest BCUT2D eigenvalue weighted by Gasteiger charge is -2.20. The fourth-order valence-corrected chi connectivity index (χ4v) is 2.98. The van der Waals surface area contributed by atoms with Crippen LogP contribution in [-0.4, -0.2) is 11.6 Å². The molecule has 1 atom stereocenters. The Morgan fingerprint density at radius 2 is 2.24 bits per heavy atom. The Kier molecular flexibility index (Phi) is 4.36. The van der Waals surface area contributed by atoms with Gasteiger partial charge in [-0.15, -0.1) is 0 Å². The first kappa shape index (κ1) is 14.7. The number of ether oxygens (including phenoxy) is 1. The lowest BCUT2D eigenvalue weighted by atomic mass is 10.0. The third kappa shape index (κ3) is 3.33. The highest BCUT2D eigenvalue weighted by molar-refractivity contribution is 9.10. The van der Waals surface area contributed by atoms with Crippen molar-refractivity contribution in [3.63, 3.8) is 0 Å². The highest BCUT2D eigenvalue weighted by atomic mass is 79.9. The van der Waals surface area contributed by atoms with E-state index in [9.17, 15) is 0 Å². The maximum atomic E-state index is 5.98. The minimum Gasteiger partial charge on any atom is -0.493 e. The van der Waals surface area contributed by atoms with Gasteiger partial charge in [0.1, 0.15) is 10.9 Å². The van der Waals surface area contributed by atoms with E-state index in [1.807, 2.05) is 25.1 Å². The Morgan fingerprint density at radius 1 is 1.38 bits per heavy atom. The molecule has 5 heteroatoms. The van der Waals surface area contributed by atoms with E-state index in [0.717, 1.165) is 40.9 Å². The van der Waals surface area contributed by atoms with Crippen LogP contribution < -0.4 is 10.1 Å². The third-order valence-electron chi connectivity index (χ3n) is 3.60. The number of nitrogens with one attached hydrogen (secondary N) is 1. The van der Waals surface area contributed by atoms with Gasteiger partial charge in [0.25, 0.3) is 0 Å². The van der Waals surface area contributed by atoms with Crippen LogP contribution in [0.4, 0.5) is 5.69 Å². The summed E-state index contributed by atoms with van der Waals surface area (Å²) in [5.41, 5.74) is 3.14. The summed E-state index contributed by atoms with van der Waals surface area (Å²) in [6.45, 7) is 2.71. The molecule has 2 heterocycles. The second-order valence-electron chi connectivity index (χ2n) is 5.20. The zero-order valence-corrected chi connectivity index (χ0v) is 14.0. The summed E-state index contributed by atoms with van der Waals surface area (Å²) in [4.78, 5) is 4.20. The Hall–Kier alpha value is -1.26. The fourth-order valence-electron chi connectivity index (χ4n) is 2.53. The zero-order valence-electron chi connectivity index (χ0n) is 11.7. The molecule has 3 nitrogen and oxygen atoms in total. The van der Waals surface area contributed by atoms with Crippen LogP contribution in [-0.2, 0) is 0 Å². The van der Waals surface area contributed by atoms with Gasteiger partial charge in [-0.2, -0.15) is 0 Å². The third-order valence-corrected chi connectivity index (χ3v) is 4.49. The lowest BCUT2D eigenvalue weighted by molar-refractivity contribution is 0.316. The van der Waals surface area contributed by atoms with Crippen molar-refractivity contribution < 1.29 is 4.74 Å². The number of fused-ring (bicyclic) bond motifs is 1. The molecule has 0 amide bonds. The van der Waals surface area contributed by atoms with E-state index in [-0.39, 0.29) is 6.04 Å². The van der Waals surface area contributed by atoms with Crippen molar-refractivity contribution in [3.05, 3.63) is 51.2 Å². The van der Waals surface area contributed by atoms with Crippen LogP contribution in [0.25, 0.3) is 0 Å². The second kappa shape index (κ2) is 6.24. The zero-order chi connectivity index (χ0) is 14.8. The molecule has 1 aromatic carbocycles. The molecule has 0 radical (unpaired) electrons. The van der Waals surface area contributed by atoms with Gasteiger partial charge in [-0.3, -0.25) is 0 Å². The SMILES string of the molecule is Cc1cc(NC2CCCOc3cc(Br)ccc32)cnc1Cl. The van der Waals surface area contributed by atoms with Crippen molar-refractivity contribution in [3.8, 4) is 5.75 Å². The van der Waals surface area contributed by atoms with Gasteiger partial charge < -0.3 is 10.1 Å². The van der Waals surface area contributed by atoms with E-state index in [2.05, 4.69) is 32.3 Å². The van der Waals surface area contributed by atoms with Crippen molar-refractivity contribution in [1.29, 1.82) is 0 Å². The number of aromatic nitrogens is 1. The predicted molar refractivity (Wildman–Crippen MR) is 89.2 cm³/mol. The number of nitrogens with zero attached hydrogens (tertiary/aromatic N) is 1. The predicted octanol–water partition coefficient (Wildman–Crippen LogP) is 5.13. The van der Waals surface area contributed by atoms with Gasteiger partial charge in [0.15, 0.2) is 0 Å². The fraction of sp³-hybridized carbons (Fsp3) is 0.312. The number of halogens is 2. The van der Waals surface area contributed by atoms with E-state index in [1.165, 1.54) is 5.56 Å². The molecule has 0 fully saturated rings. The summed E-state index contributed by atoms with van der Waals surface area (Å²) in [7, 11) is 0. The van der Waals surface area contributed by atoms with Gasteiger partial charge in [-0.25, -0.2) is 4.98 Å². The van der Waals surface area contributed by atoms with Crippen LogP contribution >= 0.6 is 27.5 Å². The summed E-state index contributed by atoms with van der Waals surface area (Å²) < 4.78 is 6.87. The van der Waals surface area contributed by atoms with E-state index < -0.39 is 0 Å². The lowest BCUT2D eigenvalue weighted by Crippen LogP contribution is -2.10. The molecule has 1 unspecified atom stereocenters. The van der Waals surface area contributed by atoms with Crippen molar-refractivity contribution >= 4 is 33.2 Å². The average molecular weight is 368 g/mol. The van der Waals surface area contributed by atoms with E-state index in [4.69, 9.17) is 16.3 Å². The molecule has 0 spiro atoms. The smallest absolute Gasteiger partial charge is 0.132 e. The maximum absolute atomic E-state index is 5.98. The highest BCUT2D eigenvalue weighted by Gasteiger charge is 2.20. The van der Waals surface area contributed by atoms with E-state index in [1.54, 1.807) is 6.20 Å². The van der Waals surface area contributed by atoms with Gasteiger partial charge in [0.05, 0.1) is 24.5 Å². The summed E-state index contributed by atoms with van der Waals surface area (Å²) in [5, 5.41) is 4.10. The summed E-state index contributed by atoms with van der Waals surface area (Å²) in [6, 6.07) is 8.44. The second-order valence-corrected chi connectivity index (χ2v) is 6.48. The quantitative estimate of drug-likeness (QED) is 0.747. The Morgan fingerprint density at radius 3 is 3.05 bits per heavy atom. The number of aryl methyl sites for hydroxylation is 1. The number of rotatable bonds is 2. The van der Waals surface area contributed by atoms with E-state index in [0.29, 0.717) is 5.15 Å². The summed E-state index contributed by atoms with van der Waals surface area (Å²) in [5.74, 6) is 0.943. The first-order valence-electron chi connectivity index (χ1n) is 6.94. The molecular formula is C16H16BrClN2O. The average Bonchev–Trinajstić information content (AvgIpc) is 2.65. The topological polar surface area (TPSA) is 34.1 Å². The van der Waals surface area contributed by atoms with Crippen LogP contribution in [0.3, 0.4) is 0 Å². The van der Waals surface area contributed by atoms with Crippen molar-refractivity contribution in [1.82, 2.24) is 4.98 Å². The number of anilines is 1. The minimum absolute atomic E-state index is 0.220. The maximum Gasteiger partial charge on any atom is 0.132 e. The van der Waals surface area contributed by atoms with Crippen LogP contribution in [0.1, 0.15) is 30.0 Å². The van der Waals surface area contributed by atoms with Crippen LogP contribution in [0.5, 0.6) is 5.75 Å². The standard InChI is InChI=1S/C16H16BrClN2O/c1-10-7-12(9-19-16(10)18)20-14-3-2-6-21-15-8-11(17)4-5-13(14)15/h4-5,7-9,14,20H,2-3,6H2,1H3. The molecule has 1 aliphatic heterocycles. The molecular weight excluding hydrogens is 352 g/mol. The number of benzene rings is 1. The molecule has 0 saturated carbocycles. The monoisotopic (exact) mass is 366 g/mol. The Bertz CT molecular complexity index is 663. The molecule has 21 heavy (non-hydrogen) atoms. The van der Waals surface area contributed by atoms with Crippen molar-refractivity contribution in [2.45, 2.75) is 25.8 Å². The Balaban J connectivity index is 1.90. The number of hydrogen-bond acceptors (Lipinski definition) is 3.